The summed E-state index contributed by atoms with van der Waals surface area (Å²) < 4.78 is 22.0. The Labute approximate surface area is 396 Å². The molecule has 0 unspecified atom stereocenters. The predicted molar refractivity (Wildman–Crippen MR) is 272 cm³/mol. The number of nitrogens with zero attached hydrogens (tertiary/aromatic N) is 3. The number of ether oxygens (including phenoxy) is 4. The first-order chi connectivity index (χ1) is 29.2. The van der Waals surface area contributed by atoms with Crippen LogP contribution in [0.15, 0.2) is 0 Å². The average Bonchev–Trinajstić information content (AvgIpc) is 3.24. The Morgan fingerprint density at radius 2 is 0.583 bits per heavy atom. The highest BCUT2D eigenvalue weighted by Gasteiger charge is 2.16. The number of carbonyl (C=O) groups excluding carboxylic acids is 4. The quantitative estimate of drug-likeness (QED) is 0.0249. The molecule has 0 aliphatic heterocycles. The van der Waals surface area contributed by atoms with Crippen molar-refractivity contribution in [2.75, 3.05) is 132 Å². The molecule has 60 heavy (non-hydrogen) atoms. The maximum Gasteiger partial charge on any atom is 0.307 e. The summed E-state index contributed by atoms with van der Waals surface area (Å²) in [6, 6.07) is 0. The van der Waals surface area contributed by atoms with Crippen LogP contribution in [0.4, 0.5) is 0 Å². The van der Waals surface area contributed by atoms with Gasteiger partial charge in [0.15, 0.2) is 0 Å². The van der Waals surface area contributed by atoms with E-state index in [4.69, 9.17) is 18.9 Å². The normalized spacial score (nSPS) is 11.5. The van der Waals surface area contributed by atoms with Gasteiger partial charge in [0.25, 0.3) is 0 Å². The lowest BCUT2D eigenvalue weighted by atomic mass is 10.3. The van der Waals surface area contributed by atoms with E-state index in [9.17, 15) is 19.2 Å². The van der Waals surface area contributed by atoms with Crippen LogP contribution in [0.5, 0.6) is 0 Å². The second-order valence-corrected chi connectivity index (χ2v) is 24.7. The first-order valence-electron chi connectivity index (χ1n) is 22.0. The number of hydrogen-bond donors (Lipinski definition) is 0. The van der Waals surface area contributed by atoms with Gasteiger partial charge in [0.2, 0.25) is 0 Å². The second kappa shape index (κ2) is 47.5. The highest BCUT2D eigenvalue weighted by atomic mass is 33.1. The van der Waals surface area contributed by atoms with Crippen molar-refractivity contribution in [3.8, 4) is 0 Å². The van der Waals surface area contributed by atoms with Crippen LogP contribution in [0.2, 0.25) is 0 Å². The van der Waals surface area contributed by atoms with Crippen LogP contribution in [-0.4, -0.2) is 170 Å². The molecule has 0 aromatic carbocycles. The monoisotopic (exact) mass is 997 g/mol. The molecule has 0 aliphatic carbocycles. The van der Waals surface area contributed by atoms with Crippen molar-refractivity contribution in [1.29, 1.82) is 0 Å². The van der Waals surface area contributed by atoms with E-state index in [2.05, 4.69) is 42.4 Å². The Morgan fingerprint density at radius 1 is 0.350 bits per heavy atom. The number of unbranched alkanes of at least 4 members (excludes halogenated alkanes) is 4. The highest BCUT2D eigenvalue weighted by molar-refractivity contribution is 8.77. The average molecular weight is 999 g/mol. The van der Waals surface area contributed by atoms with Gasteiger partial charge in [0, 0.05) is 98.4 Å². The van der Waals surface area contributed by atoms with Crippen LogP contribution in [-0.2, 0) is 38.1 Å². The Kier molecular flexibility index (Phi) is 48.0. The van der Waals surface area contributed by atoms with Gasteiger partial charge in [0.1, 0.15) is 26.4 Å². The van der Waals surface area contributed by atoms with Gasteiger partial charge in [-0.3, -0.25) is 19.2 Å². The number of hydrogen-bond acceptors (Lipinski definition) is 19. The fourth-order valence-corrected chi connectivity index (χ4v) is 13.0. The lowest BCUT2D eigenvalue weighted by Gasteiger charge is -2.27. The molecule has 0 bridgehead atoms. The molecule has 0 spiro atoms. The van der Waals surface area contributed by atoms with Gasteiger partial charge < -0.3 is 33.6 Å². The Morgan fingerprint density at radius 3 is 0.817 bits per heavy atom. The molecule has 354 valence electrons. The van der Waals surface area contributed by atoms with Crippen molar-refractivity contribution in [3.05, 3.63) is 0 Å². The van der Waals surface area contributed by atoms with Crippen molar-refractivity contribution in [2.45, 2.75) is 105 Å². The van der Waals surface area contributed by atoms with Crippen LogP contribution in [0, 0.1) is 0 Å². The van der Waals surface area contributed by atoms with Crippen LogP contribution < -0.4 is 0 Å². The molecule has 0 saturated carbocycles. The van der Waals surface area contributed by atoms with E-state index >= 15 is 0 Å². The van der Waals surface area contributed by atoms with E-state index in [1.165, 1.54) is 51.4 Å². The summed E-state index contributed by atoms with van der Waals surface area (Å²) in [6.45, 7) is 15.0. The van der Waals surface area contributed by atoms with E-state index in [0.29, 0.717) is 78.8 Å². The van der Waals surface area contributed by atoms with Crippen LogP contribution in [0.25, 0.3) is 0 Å². The van der Waals surface area contributed by atoms with E-state index in [1.54, 1.807) is 43.2 Å². The Balaban J connectivity index is 5.10. The van der Waals surface area contributed by atoms with E-state index in [1.807, 2.05) is 50.2 Å². The lowest BCUT2D eigenvalue weighted by molar-refractivity contribution is -0.145. The summed E-state index contributed by atoms with van der Waals surface area (Å²) >= 11 is 0. The lowest BCUT2D eigenvalue weighted by Crippen LogP contribution is -2.40. The third-order valence-corrected chi connectivity index (χ3v) is 18.3. The molecule has 0 rings (SSSR count). The summed E-state index contributed by atoms with van der Waals surface area (Å²) in [4.78, 5) is 57.0. The van der Waals surface area contributed by atoms with Gasteiger partial charge in [0.05, 0.1) is 25.7 Å². The highest BCUT2D eigenvalue weighted by Crippen LogP contribution is 2.24. The number of carbonyl (C=O) groups is 4. The third kappa shape index (κ3) is 43.8. The molecule has 19 heteroatoms. The van der Waals surface area contributed by atoms with Crippen LogP contribution in [0.3, 0.4) is 0 Å². The molecule has 0 aromatic heterocycles. The Hall–Kier alpha value is 0.560. The van der Waals surface area contributed by atoms with Gasteiger partial charge in [-0.1, -0.05) is 140 Å². The SMILES string of the molecule is CCCCSSCCOC(=O)CCN(CCC(=O)OCCSSCCCC)CCN(C)CCN(CCC(=O)OCCSSCCCC)CCC(=O)OCCSSCCCC. The topological polar surface area (TPSA) is 115 Å². The molecule has 0 N–H and O–H groups in total. The second-order valence-electron chi connectivity index (χ2n) is 13.9. The van der Waals surface area contributed by atoms with E-state index in [0.717, 1.165) is 46.0 Å². The van der Waals surface area contributed by atoms with Gasteiger partial charge in [-0.15, -0.1) is 0 Å². The van der Waals surface area contributed by atoms with Crippen molar-refractivity contribution in [3.63, 3.8) is 0 Å². The van der Waals surface area contributed by atoms with Gasteiger partial charge in [-0.25, -0.2) is 0 Å². The zero-order chi connectivity index (χ0) is 44.2. The fraction of sp³-hybridized carbons (Fsp3) is 0.902. The molecular formula is C41H79N3O8S8. The minimum atomic E-state index is -0.227. The molecule has 0 atom stereocenters. The maximum absolute atomic E-state index is 12.6. The van der Waals surface area contributed by atoms with Crippen LogP contribution in [0.1, 0.15) is 105 Å². The third-order valence-electron chi connectivity index (χ3n) is 8.50. The largest absolute Gasteiger partial charge is 0.465 e. The predicted octanol–water partition coefficient (Wildman–Crippen LogP) is 9.98. The minimum absolute atomic E-state index is 0.227. The summed E-state index contributed by atoms with van der Waals surface area (Å²) in [7, 11) is 16.3. The van der Waals surface area contributed by atoms with Crippen molar-refractivity contribution >= 4 is 110 Å². The first kappa shape index (κ1) is 60.6. The molecule has 0 aromatic rings. The van der Waals surface area contributed by atoms with Crippen molar-refractivity contribution < 1.29 is 38.1 Å². The summed E-state index contributed by atoms with van der Waals surface area (Å²) in [5, 5.41) is 0. The van der Waals surface area contributed by atoms with Crippen molar-refractivity contribution in [1.82, 2.24) is 14.7 Å². The van der Waals surface area contributed by atoms with E-state index in [-0.39, 0.29) is 49.6 Å². The summed E-state index contributed by atoms with van der Waals surface area (Å²) in [5.41, 5.74) is 0. The molecule has 0 radical (unpaired) electrons. The zero-order valence-electron chi connectivity index (χ0n) is 37.5. The number of rotatable bonds is 46. The molecule has 11 nitrogen and oxygen atoms in total. The summed E-state index contributed by atoms with van der Waals surface area (Å²) in [6.07, 6.45) is 10.5. The molecule has 0 fully saturated rings. The molecule has 0 amide bonds. The van der Waals surface area contributed by atoms with Crippen LogP contribution >= 0.6 is 86.4 Å². The van der Waals surface area contributed by atoms with E-state index < -0.39 is 0 Å². The maximum atomic E-state index is 12.6. The number of likely N-dealkylation sites (N-methyl/N-ethyl adjacent to an activating group) is 1. The molecule has 0 saturated heterocycles. The van der Waals surface area contributed by atoms with Gasteiger partial charge in [-0.2, -0.15) is 0 Å². The number of esters is 4. The van der Waals surface area contributed by atoms with Crippen molar-refractivity contribution in [2.24, 2.45) is 0 Å². The first-order valence-corrected chi connectivity index (χ1v) is 31.9. The Bertz CT molecular complexity index is 887. The smallest absolute Gasteiger partial charge is 0.307 e. The van der Waals surface area contributed by atoms with Gasteiger partial charge in [-0.05, 0) is 32.7 Å². The summed E-state index contributed by atoms with van der Waals surface area (Å²) in [5.74, 6) is 6.59. The standard InChI is InChI=1S/C41H79N3O8S8/c1-6-10-30-53-57-34-26-49-38(45)14-18-43(19-15-39(46)50-27-35-58-54-31-11-7-2)24-22-42(5)23-25-44(20-16-40(47)51-28-36-59-55-32-12-8-3)21-17-41(48)52-29-37-60-56-33-13-9-4/h6-37H2,1-5H3. The van der Waals surface area contributed by atoms with Gasteiger partial charge >= 0.3 is 23.9 Å². The zero-order valence-corrected chi connectivity index (χ0v) is 44.0. The molecule has 0 heterocycles. The molecule has 0 aliphatic rings. The fourth-order valence-electron chi connectivity index (χ4n) is 4.74. The molecular weight excluding hydrogens is 919 g/mol. The minimum Gasteiger partial charge on any atom is -0.465 e.